The van der Waals surface area contributed by atoms with Gasteiger partial charge < -0.3 is 5.32 Å². The molecule has 168 valence electrons. The molecule has 4 aromatic rings. The van der Waals surface area contributed by atoms with Crippen LogP contribution in [0.4, 0.5) is 8.78 Å². The maximum absolute atomic E-state index is 14.4. The van der Waals surface area contributed by atoms with E-state index in [1.807, 2.05) is 34.9 Å². The predicted octanol–water partition coefficient (Wildman–Crippen LogP) is 4.72. The topological polar surface area (TPSA) is 59.8 Å². The molecular weight excluding hydrogens is 442 g/mol. The quantitative estimate of drug-likeness (QED) is 0.364. The predicted molar refractivity (Wildman–Crippen MR) is 125 cm³/mol. The van der Waals surface area contributed by atoms with Gasteiger partial charge in [0, 0.05) is 6.54 Å². The van der Waals surface area contributed by atoms with Gasteiger partial charge in [-0.25, -0.2) is 8.78 Å². The zero-order valence-corrected chi connectivity index (χ0v) is 18.6. The third-order valence-electron chi connectivity index (χ3n) is 5.00. The summed E-state index contributed by atoms with van der Waals surface area (Å²) in [5.41, 5.74) is 2.32. The van der Waals surface area contributed by atoms with Gasteiger partial charge in [0.2, 0.25) is 5.91 Å². The standard InChI is InChI=1S/C25H22F2N4OS/c26-20-12-10-18(11-13-20)14-15-28-23(32)17-33-25-30-29-24(21-8-4-5-9-22(21)27)31(25)16-19-6-2-1-3-7-19/h1-13H,14-17H2,(H,28,32). The molecule has 4 rings (SSSR count). The molecule has 1 aromatic heterocycles. The molecule has 0 aliphatic carbocycles. The van der Waals surface area contributed by atoms with Crippen LogP contribution in [0.15, 0.2) is 84.0 Å². The van der Waals surface area contributed by atoms with Crippen LogP contribution < -0.4 is 5.32 Å². The first-order chi connectivity index (χ1) is 16.1. The van der Waals surface area contributed by atoms with E-state index < -0.39 is 0 Å². The summed E-state index contributed by atoms with van der Waals surface area (Å²) in [4.78, 5) is 12.4. The Morgan fingerprint density at radius 3 is 2.36 bits per heavy atom. The SMILES string of the molecule is O=C(CSc1nnc(-c2ccccc2F)n1Cc1ccccc1)NCCc1ccc(F)cc1. The molecule has 8 heteroatoms. The Bertz CT molecular complexity index is 1210. The third kappa shape index (κ3) is 6.04. The number of rotatable bonds is 9. The van der Waals surface area contributed by atoms with Crippen molar-refractivity contribution in [3.8, 4) is 11.4 Å². The molecule has 0 radical (unpaired) electrons. The molecule has 0 unspecified atom stereocenters. The van der Waals surface area contributed by atoms with Crippen molar-refractivity contribution in [3.05, 3.63) is 102 Å². The summed E-state index contributed by atoms with van der Waals surface area (Å²) in [5, 5.41) is 11.8. The van der Waals surface area contributed by atoms with E-state index >= 15 is 0 Å². The summed E-state index contributed by atoms with van der Waals surface area (Å²) >= 11 is 1.25. The maximum Gasteiger partial charge on any atom is 0.230 e. The molecule has 1 N–H and O–H groups in total. The molecule has 0 aliphatic heterocycles. The van der Waals surface area contributed by atoms with E-state index in [9.17, 15) is 13.6 Å². The first kappa shape index (κ1) is 22.7. The second-order valence-corrected chi connectivity index (χ2v) is 8.32. The number of amides is 1. The van der Waals surface area contributed by atoms with Crippen LogP contribution in [0.2, 0.25) is 0 Å². The van der Waals surface area contributed by atoms with E-state index in [1.165, 1.54) is 30.0 Å². The summed E-state index contributed by atoms with van der Waals surface area (Å²) < 4.78 is 29.3. The van der Waals surface area contributed by atoms with E-state index in [1.54, 1.807) is 30.3 Å². The summed E-state index contributed by atoms with van der Waals surface area (Å²) in [7, 11) is 0. The molecular formula is C25H22F2N4OS. The lowest BCUT2D eigenvalue weighted by molar-refractivity contribution is -0.118. The number of carbonyl (C=O) groups is 1. The van der Waals surface area contributed by atoms with Gasteiger partial charge in [-0.05, 0) is 41.8 Å². The van der Waals surface area contributed by atoms with Gasteiger partial charge in [0.05, 0.1) is 17.9 Å². The molecule has 3 aromatic carbocycles. The number of nitrogens with one attached hydrogen (secondary N) is 1. The molecule has 1 amide bonds. The molecule has 0 bridgehead atoms. The van der Waals surface area contributed by atoms with Crippen LogP contribution >= 0.6 is 11.8 Å². The van der Waals surface area contributed by atoms with Crippen molar-refractivity contribution in [2.24, 2.45) is 0 Å². The number of benzene rings is 3. The van der Waals surface area contributed by atoms with Gasteiger partial charge >= 0.3 is 0 Å². The van der Waals surface area contributed by atoms with Gasteiger partial charge in [0.25, 0.3) is 0 Å². The average molecular weight is 465 g/mol. The second kappa shape index (κ2) is 10.9. The zero-order chi connectivity index (χ0) is 23.0. The minimum absolute atomic E-state index is 0.146. The Morgan fingerprint density at radius 1 is 0.879 bits per heavy atom. The Balaban J connectivity index is 1.43. The highest BCUT2D eigenvalue weighted by molar-refractivity contribution is 7.99. The fraction of sp³-hybridized carbons (Fsp3) is 0.160. The van der Waals surface area contributed by atoms with Gasteiger partial charge in [0.15, 0.2) is 11.0 Å². The lowest BCUT2D eigenvalue weighted by Gasteiger charge is -2.11. The number of hydrogen-bond donors (Lipinski definition) is 1. The molecule has 0 fully saturated rings. The number of aromatic nitrogens is 3. The van der Waals surface area contributed by atoms with E-state index in [0.29, 0.717) is 36.1 Å². The number of carbonyl (C=O) groups excluding carboxylic acids is 1. The summed E-state index contributed by atoms with van der Waals surface area (Å²) in [6.45, 7) is 0.897. The van der Waals surface area contributed by atoms with Crippen molar-refractivity contribution < 1.29 is 13.6 Å². The van der Waals surface area contributed by atoms with Crippen LogP contribution in [0, 0.1) is 11.6 Å². The molecule has 0 spiro atoms. The van der Waals surface area contributed by atoms with Crippen LogP contribution in [-0.4, -0.2) is 33.0 Å². The number of halogens is 2. The molecule has 33 heavy (non-hydrogen) atoms. The van der Waals surface area contributed by atoms with E-state index in [0.717, 1.165) is 11.1 Å². The number of hydrogen-bond acceptors (Lipinski definition) is 4. The zero-order valence-electron chi connectivity index (χ0n) is 17.7. The molecule has 0 saturated carbocycles. The summed E-state index contributed by atoms with van der Waals surface area (Å²) in [6.07, 6.45) is 0.609. The molecule has 5 nitrogen and oxygen atoms in total. The van der Waals surface area contributed by atoms with Gasteiger partial charge in [-0.15, -0.1) is 10.2 Å². The van der Waals surface area contributed by atoms with Gasteiger partial charge in [-0.1, -0.05) is 66.4 Å². The largest absolute Gasteiger partial charge is 0.355 e. The van der Waals surface area contributed by atoms with Crippen LogP contribution in [-0.2, 0) is 17.8 Å². The number of nitrogens with zero attached hydrogens (tertiary/aromatic N) is 3. The highest BCUT2D eigenvalue weighted by atomic mass is 32.2. The van der Waals surface area contributed by atoms with Crippen molar-refractivity contribution >= 4 is 17.7 Å². The van der Waals surface area contributed by atoms with E-state index in [4.69, 9.17) is 0 Å². The first-order valence-corrected chi connectivity index (χ1v) is 11.4. The molecule has 0 aliphatic rings. The van der Waals surface area contributed by atoms with Crippen molar-refractivity contribution in [2.45, 2.75) is 18.1 Å². The van der Waals surface area contributed by atoms with Crippen molar-refractivity contribution in [1.82, 2.24) is 20.1 Å². The Hall–Kier alpha value is -3.52. The lowest BCUT2D eigenvalue weighted by atomic mass is 10.1. The number of thioether (sulfide) groups is 1. The van der Waals surface area contributed by atoms with Gasteiger partial charge in [0.1, 0.15) is 11.6 Å². The minimum Gasteiger partial charge on any atom is -0.355 e. The fourth-order valence-corrected chi connectivity index (χ4v) is 4.09. The van der Waals surface area contributed by atoms with Crippen molar-refractivity contribution in [1.29, 1.82) is 0 Å². The van der Waals surface area contributed by atoms with E-state index in [2.05, 4.69) is 15.5 Å². The van der Waals surface area contributed by atoms with Crippen LogP contribution in [0.3, 0.4) is 0 Å². The maximum atomic E-state index is 14.4. The highest BCUT2D eigenvalue weighted by Gasteiger charge is 2.18. The van der Waals surface area contributed by atoms with Crippen LogP contribution in [0.5, 0.6) is 0 Å². The van der Waals surface area contributed by atoms with Crippen molar-refractivity contribution in [2.75, 3.05) is 12.3 Å². The Kier molecular flexibility index (Phi) is 7.47. The smallest absolute Gasteiger partial charge is 0.230 e. The average Bonchev–Trinajstić information content (AvgIpc) is 3.22. The molecule has 1 heterocycles. The lowest BCUT2D eigenvalue weighted by Crippen LogP contribution is -2.27. The van der Waals surface area contributed by atoms with Crippen LogP contribution in [0.1, 0.15) is 11.1 Å². The fourth-order valence-electron chi connectivity index (χ4n) is 3.32. The normalized spacial score (nSPS) is 10.8. The Labute approximate surface area is 194 Å². The monoisotopic (exact) mass is 464 g/mol. The third-order valence-corrected chi connectivity index (χ3v) is 5.96. The first-order valence-electron chi connectivity index (χ1n) is 10.5. The molecule has 0 saturated heterocycles. The van der Waals surface area contributed by atoms with Gasteiger partial charge in [-0.3, -0.25) is 9.36 Å². The van der Waals surface area contributed by atoms with E-state index in [-0.39, 0.29) is 23.3 Å². The second-order valence-electron chi connectivity index (χ2n) is 7.37. The summed E-state index contributed by atoms with van der Waals surface area (Å²) in [6, 6.07) is 22.4. The van der Waals surface area contributed by atoms with Crippen molar-refractivity contribution in [3.63, 3.8) is 0 Å². The summed E-state index contributed by atoms with van der Waals surface area (Å²) in [5.74, 6) is -0.254. The molecule has 0 atom stereocenters. The highest BCUT2D eigenvalue weighted by Crippen LogP contribution is 2.27. The van der Waals surface area contributed by atoms with Crippen LogP contribution in [0.25, 0.3) is 11.4 Å². The minimum atomic E-state index is -0.380. The Morgan fingerprint density at radius 2 is 1.61 bits per heavy atom. The van der Waals surface area contributed by atoms with Gasteiger partial charge in [-0.2, -0.15) is 0 Å².